The molecule has 0 aliphatic carbocycles. The SMILES string of the molecule is CN(C(=O)OC(C)(C)C)C1CCN(CC2(C)Cn3cc([N+](=O)[O-])nc3O2)CC1. The van der Waals surface area contributed by atoms with E-state index in [1.807, 2.05) is 27.7 Å². The Balaban J connectivity index is 1.50. The molecule has 1 aromatic rings. The molecule has 1 fully saturated rings. The molecule has 10 heteroatoms. The van der Waals surface area contributed by atoms with Crippen molar-refractivity contribution in [3.63, 3.8) is 0 Å². The van der Waals surface area contributed by atoms with Gasteiger partial charge in [0.25, 0.3) is 0 Å². The average molecular weight is 395 g/mol. The fraction of sp³-hybridized carbons (Fsp3) is 0.778. The van der Waals surface area contributed by atoms with Gasteiger partial charge in [0.2, 0.25) is 0 Å². The normalized spacial score (nSPS) is 23.2. The summed E-state index contributed by atoms with van der Waals surface area (Å²) in [6, 6.07) is 0.454. The summed E-state index contributed by atoms with van der Waals surface area (Å²) in [4.78, 5) is 30.5. The van der Waals surface area contributed by atoms with E-state index in [2.05, 4.69) is 9.88 Å². The molecule has 0 saturated carbocycles. The summed E-state index contributed by atoms with van der Waals surface area (Å²) < 4.78 is 13.1. The van der Waals surface area contributed by atoms with Gasteiger partial charge in [-0.2, -0.15) is 0 Å². The van der Waals surface area contributed by atoms with Crippen molar-refractivity contribution in [2.45, 2.75) is 64.3 Å². The fourth-order valence-corrected chi connectivity index (χ4v) is 3.78. The minimum absolute atomic E-state index is 0.154. The Hall–Kier alpha value is -2.36. The van der Waals surface area contributed by atoms with E-state index in [0.717, 1.165) is 25.9 Å². The zero-order valence-corrected chi connectivity index (χ0v) is 17.2. The maximum Gasteiger partial charge on any atom is 0.415 e. The Morgan fingerprint density at radius 3 is 2.64 bits per heavy atom. The molecule has 0 radical (unpaired) electrons. The van der Waals surface area contributed by atoms with E-state index in [4.69, 9.17) is 9.47 Å². The molecule has 1 atom stereocenters. The van der Waals surface area contributed by atoms with E-state index < -0.39 is 16.1 Å². The lowest BCUT2D eigenvalue weighted by Crippen LogP contribution is -2.51. The highest BCUT2D eigenvalue weighted by Gasteiger charge is 2.42. The van der Waals surface area contributed by atoms with Gasteiger partial charge in [-0.3, -0.25) is 9.47 Å². The smallest absolute Gasteiger partial charge is 0.415 e. The molecule has 0 aromatic carbocycles. The first-order chi connectivity index (χ1) is 13.0. The third-order valence-corrected chi connectivity index (χ3v) is 5.10. The van der Waals surface area contributed by atoms with Gasteiger partial charge in [0.15, 0.2) is 0 Å². The third-order valence-electron chi connectivity index (χ3n) is 5.10. The number of piperidine rings is 1. The van der Waals surface area contributed by atoms with Gasteiger partial charge >= 0.3 is 17.9 Å². The second-order valence-electron chi connectivity index (χ2n) is 8.92. The van der Waals surface area contributed by atoms with E-state index in [1.165, 1.54) is 6.20 Å². The fourth-order valence-electron chi connectivity index (χ4n) is 3.78. The van der Waals surface area contributed by atoms with Crippen LogP contribution < -0.4 is 4.74 Å². The number of hydrogen-bond donors (Lipinski definition) is 0. The summed E-state index contributed by atoms with van der Waals surface area (Å²) in [5.41, 5.74) is -0.971. The summed E-state index contributed by atoms with van der Waals surface area (Å²) in [7, 11) is 1.79. The van der Waals surface area contributed by atoms with E-state index in [9.17, 15) is 14.9 Å². The molecule has 1 saturated heterocycles. The Labute approximate surface area is 164 Å². The lowest BCUT2D eigenvalue weighted by atomic mass is 10.0. The van der Waals surface area contributed by atoms with Crippen LogP contribution in [0.25, 0.3) is 0 Å². The Bertz CT molecular complexity index is 725. The van der Waals surface area contributed by atoms with Gasteiger partial charge in [0.05, 0.1) is 6.54 Å². The Morgan fingerprint density at radius 1 is 1.46 bits per heavy atom. The molecule has 28 heavy (non-hydrogen) atoms. The van der Waals surface area contributed by atoms with E-state index in [1.54, 1.807) is 16.5 Å². The molecule has 2 aliphatic rings. The maximum absolute atomic E-state index is 12.3. The largest absolute Gasteiger partial charge is 0.444 e. The van der Waals surface area contributed by atoms with E-state index >= 15 is 0 Å². The van der Waals surface area contributed by atoms with E-state index in [-0.39, 0.29) is 18.0 Å². The molecule has 156 valence electrons. The molecule has 0 spiro atoms. The summed E-state index contributed by atoms with van der Waals surface area (Å²) in [6.07, 6.45) is 2.86. The van der Waals surface area contributed by atoms with Gasteiger partial charge in [0, 0.05) is 37.7 Å². The Morgan fingerprint density at radius 2 is 2.11 bits per heavy atom. The molecule has 1 aromatic heterocycles. The predicted molar refractivity (Wildman–Crippen MR) is 101 cm³/mol. The van der Waals surface area contributed by atoms with Crippen molar-refractivity contribution in [1.82, 2.24) is 19.4 Å². The molecular formula is C18H29N5O5. The first kappa shape index (κ1) is 20.4. The van der Waals surface area contributed by atoms with Crippen molar-refractivity contribution in [2.24, 2.45) is 0 Å². The number of imidazole rings is 1. The number of nitrogens with zero attached hydrogens (tertiary/aromatic N) is 5. The highest BCUT2D eigenvalue weighted by atomic mass is 16.6. The monoisotopic (exact) mass is 395 g/mol. The van der Waals surface area contributed by atoms with Crippen LogP contribution in [-0.4, -0.2) is 74.3 Å². The summed E-state index contributed by atoms with van der Waals surface area (Å²) in [5, 5.41) is 10.8. The number of amides is 1. The number of likely N-dealkylation sites (tertiary alicyclic amines) is 1. The first-order valence-corrected chi connectivity index (χ1v) is 9.54. The third kappa shape index (κ3) is 4.54. The number of hydrogen-bond acceptors (Lipinski definition) is 7. The predicted octanol–water partition coefficient (Wildman–Crippen LogP) is 2.27. The lowest BCUT2D eigenvalue weighted by molar-refractivity contribution is -0.389. The zero-order chi connectivity index (χ0) is 20.7. The minimum Gasteiger partial charge on any atom is -0.444 e. The lowest BCUT2D eigenvalue weighted by Gasteiger charge is -2.39. The number of carbonyl (C=O) groups excluding carboxylic acids is 1. The van der Waals surface area contributed by atoms with Gasteiger partial charge in [-0.1, -0.05) is 0 Å². The summed E-state index contributed by atoms with van der Waals surface area (Å²) in [5.74, 6) is -0.192. The van der Waals surface area contributed by atoms with Crippen LogP contribution in [0.3, 0.4) is 0 Å². The first-order valence-electron chi connectivity index (χ1n) is 9.54. The summed E-state index contributed by atoms with van der Waals surface area (Å²) >= 11 is 0. The summed E-state index contributed by atoms with van der Waals surface area (Å²) in [6.45, 7) is 10.5. The van der Waals surface area contributed by atoms with Gasteiger partial charge < -0.3 is 24.5 Å². The van der Waals surface area contributed by atoms with Crippen molar-refractivity contribution in [3.8, 4) is 6.01 Å². The molecule has 0 bridgehead atoms. The van der Waals surface area contributed by atoms with Crippen LogP contribution in [0.1, 0.15) is 40.5 Å². The van der Waals surface area contributed by atoms with Crippen molar-refractivity contribution in [2.75, 3.05) is 26.7 Å². The average Bonchev–Trinajstić information content (AvgIpc) is 3.08. The second-order valence-corrected chi connectivity index (χ2v) is 8.92. The standard InChI is InChI=1S/C18H29N5O5/c1-17(2,3)28-16(24)20(5)13-6-8-21(9-7-13)11-18(4)12-22-10-14(23(25)26)19-15(22)27-18/h10,13H,6-9,11-12H2,1-5H3. The van der Waals surface area contributed by atoms with Crippen molar-refractivity contribution < 1.29 is 19.2 Å². The van der Waals surface area contributed by atoms with Crippen molar-refractivity contribution in [1.29, 1.82) is 0 Å². The molecule has 1 amide bonds. The molecule has 1 unspecified atom stereocenters. The Kier molecular flexibility index (Phi) is 5.26. The number of fused-ring (bicyclic) bond motifs is 1. The number of ether oxygens (including phenoxy) is 2. The molecule has 3 rings (SSSR count). The van der Waals surface area contributed by atoms with Crippen molar-refractivity contribution in [3.05, 3.63) is 16.3 Å². The quantitative estimate of drug-likeness (QED) is 0.569. The van der Waals surface area contributed by atoms with Crippen LogP contribution in [0.2, 0.25) is 0 Å². The molecule has 10 nitrogen and oxygen atoms in total. The molecule has 3 heterocycles. The second kappa shape index (κ2) is 7.23. The van der Waals surface area contributed by atoms with Gasteiger partial charge in [-0.05, 0) is 45.5 Å². The van der Waals surface area contributed by atoms with Gasteiger partial charge in [-0.15, -0.1) is 0 Å². The number of aromatic nitrogens is 2. The zero-order valence-electron chi connectivity index (χ0n) is 17.2. The highest BCUT2D eigenvalue weighted by molar-refractivity contribution is 5.68. The van der Waals surface area contributed by atoms with Crippen LogP contribution in [0.15, 0.2) is 6.20 Å². The number of rotatable bonds is 4. The van der Waals surface area contributed by atoms with Crippen LogP contribution in [0.5, 0.6) is 6.01 Å². The maximum atomic E-state index is 12.3. The van der Waals surface area contributed by atoms with Crippen LogP contribution in [0, 0.1) is 10.1 Å². The van der Waals surface area contributed by atoms with Crippen LogP contribution in [-0.2, 0) is 11.3 Å². The number of carbonyl (C=O) groups is 1. The van der Waals surface area contributed by atoms with Crippen LogP contribution >= 0.6 is 0 Å². The molecular weight excluding hydrogens is 366 g/mol. The number of nitro groups is 1. The van der Waals surface area contributed by atoms with E-state index in [0.29, 0.717) is 19.1 Å². The van der Waals surface area contributed by atoms with Gasteiger partial charge in [-0.25, -0.2) is 4.79 Å². The van der Waals surface area contributed by atoms with Crippen molar-refractivity contribution >= 4 is 11.9 Å². The molecule has 2 aliphatic heterocycles. The minimum atomic E-state index is -0.516. The van der Waals surface area contributed by atoms with Gasteiger partial charge in [0.1, 0.15) is 17.4 Å². The topological polar surface area (TPSA) is 103 Å². The van der Waals surface area contributed by atoms with Crippen LogP contribution in [0.4, 0.5) is 10.6 Å². The molecule has 0 N–H and O–H groups in total. The highest BCUT2D eigenvalue weighted by Crippen LogP contribution is 2.32.